The summed E-state index contributed by atoms with van der Waals surface area (Å²) in [6, 6.07) is 0. The molecule has 0 saturated carbocycles. The van der Waals surface area contributed by atoms with Gasteiger partial charge >= 0.3 is 0 Å². The van der Waals surface area contributed by atoms with Gasteiger partial charge in [-0.3, -0.25) is 0 Å². The van der Waals surface area contributed by atoms with Gasteiger partial charge in [0.05, 0.1) is 5.69 Å². The number of thioether (sulfide) groups is 1. The Bertz CT molecular complexity index is 309. The Morgan fingerprint density at radius 3 is 2.93 bits per heavy atom. The fourth-order valence-electron chi connectivity index (χ4n) is 0.811. The van der Waals surface area contributed by atoms with E-state index in [4.69, 9.17) is 5.11 Å². The molecular formula is C9H13FN2OS. The standard InChI is InChI=1S/C9H13FN2OS/c1-6(3-13)4-14-9-8(10)7(2)11-5-12-9/h5-6,13H,3-4H2,1-2H3. The molecule has 0 aliphatic carbocycles. The van der Waals surface area contributed by atoms with Crippen LogP contribution in [-0.4, -0.2) is 27.4 Å². The van der Waals surface area contributed by atoms with Crippen LogP contribution in [0.1, 0.15) is 12.6 Å². The molecule has 0 radical (unpaired) electrons. The van der Waals surface area contributed by atoms with Crippen molar-refractivity contribution in [2.45, 2.75) is 18.9 Å². The van der Waals surface area contributed by atoms with Crippen molar-refractivity contribution >= 4 is 11.8 Å². The number of aryl methyl sites for hydroxylation is 1. The number of nitrogens with zero attached hydrogens (tertiary/aromatic N) is 2. The lowest BCUT2D eigenvalue weighted by Gasteiger charge is -2.07. The zero-order chi connectivity index (χ0) is 10.6. The van der Waals surface area contributed by atoms with E-state index < -0.39 is 0 Å². The number of aliphatic hydroxyl groups is 1. The van der Waals surface area contributed by atoms with Gasteiger partial charge in [0.15, 0.2) is 5.82 Å². The maximum Gasteiger partial charge on any atom is 0.176 e. The van der Waals surface area contributed by atoms with Gasteiger partial charge in [-0.05, 0) is 12.8 Å². The summed E-state index contributed by atoms with van der Waals surface area (Å²) in [5.41, 5.74) is 0.360. The Kier molecular flexibility index (Phi) is 4.28. The fraction of sp³-hybridized carbons (Fsp3) is 0.556. The molecule has 0 spiro atoms. The molecule has 0 fully saturated rings. The van der Waals surface area contributed by atoms with E-state index in [1.165, 1.54) is 18.1 Å². The fourth-order valence-corrected chi connectivity index (χ4v) is 1.75. The second kappa shape index (κ2) is 5.26. The van der Waals surface area contributed by atoms with Crippen molar-refractivity contribution in [1.29, 1.82) is 0 Å². The van der Waals surface area contributed by atoms with E-state index in [-0.39, 0.29) is 18.3 Å². The lowest BCUT2D eigenvalue weighted by atomic mass is 10.2. The van der Waals surface area contributed by atoms with Gasteiger partial charge in [0.2, 0.25) is 0 Å². The van der Waals surface area contributed by atoms with Crippen LogP contribution >= 0.6 is 11.8 Å². The lowest BCUT2D eigenvalue weighted by molar-refractivity contribution is 0.250. The molecule has 1 aromatic heterocycles. The first-order chi connectivity index (χ1) is 6.65. The van der Waals surface area contributed by atoms with E-state index in [1.807, 2.05) is 6.92 Å². The first kappa shape index (κ1) is 11.4. The Balaban J connectivity index is 2.63. The summed E-state index contributed by atoms with van der Waals surface area (Å²) in [4.78, 5) is 7.58. The maximum absolute atomic E-state index is 13.3. The van der Waals surface area contributed by atoms with Crippen molar-refractivity contribution in [3.05, 3.63) is 17.8 Å². The minimum atomic E-state index is -0.359. The number of aromatic nitrogens is 2. The van der Waals surface area contributed by atoms with Crippen molar-refractivity contribution in [2.75, 3.05) is 12.4 Å². The summed E-state index contributed by atoms with van der Waals surface area (Å²) < 4.78 is 13.3. The largest absolute Gasteiger partial charge is 0.396 e. The van der Waals surface area contributed by atoms with Gasteiger partial charge in [-0.1, -0.05) is 6.92 Å². The Morgan fingerprint density at radius 1 is 1.57 bits per heavy atom. The molecule has 1 atom stereocenters. The van der Waals surface area contributed by atoms with Crippen molar-refractivity contribution in [1.82, 2.24) is 9.97 Å². The van der Waals surface area contributed by atoms with Crippen LogP contribution in [0.2, 0.25) is 0 Å². The quantitative estimate of drug-likeness (QED) is 0.614. The molecule has 1 rings (SSSR count). The maximum atomic E-state index is 13.3. The summed E-state index contributed by atoms with van der Waals surface area (Å²) >= 11 is 1.31. The van der Waals surface area contributed by atoms with E-state index in [0.29, 0.717) is 16.5 Å². The van der Waals surface area contributed by atoms with Crippen LogP contribution in [0.5, 0.6) is 0 Å². The van der Waals surface area contributed by atoms with Crippen molar-refractivity contribution in [3.63, 3.8) is 0 Å². The Hall–Kier alpha value is -0.680. The average Bonchev–Trinajstić information content (AvgIpc) is 2.20. The Morgan fingerprint density at radius 2 is 2.29 bits per heavy atom. The molecule has 0 aliphatic rings. The van der Waals surface area contributed by atoms with Gasteiger partial charge in [0.25, 0.3) is 0 Å². The third-order valence-electron chi connectivity index (χ3n) is 1.75. The SMILES string of the molecule is Cc1ncnc(SCC(C)CO)c1F. The summed E-state index contributed by atoms with van der Waals surface area (Å²) in [5.74, 6) is 0.446. The molecule has 0 aliphatic heterocycles. The van der Waals surface area contributed by atoms with Crippen LogP contribution < -0.4 is 0 Å². The molecule has 1 aromatic rings. The number of rotatable bonds is 4. The topological polar surface area (TPSA) is 46.0 Å². The molecule has 0 saturated heterocycles. The normalized spacial score (nSPS) is 12.9. The smallest absolute Gasteiger partial charge is 0.176 e. The monoisotopic (exact) mass is 216 g/mol. The first-order valence-electron chi connectivity index (χ1n) is 4.36. The molecule has 1 unspecified atom stereocenters. The van der Waals surface area contributed by atoms with Crippen LogP contribution in [-0.2, 0) is 0 Å². The second-order valence-electron chi connectivity index (χ2n) is 3.18. The van der Waals surface area contributed by atoms with E-state index >= 15 is 0 Å². The third kappa shape index (κ3) is 2.92. The molecule has 0 amide bonds. The first-order valence-corrected chi connectivity index (χ1v) is 5.34. The predicted molar refractivity (Wildman–Crippen MR) is 53.7 cm³/mol. The van der Waals surface area contributed by atoms with Crippen LogP contribution in [0, 0.1) is 18.7 Å². The molecule has 0 bridgehead atoms. The van der Waals surface area contributed by atoms with E-state index in [0.717, 1.165) is 0 Å². The van der Waals surface area contributed by atoms with E-state index in [2.05, 4.69) is 9.97 Å². The molecule has 78 valence electrons. The number of hydrogen-bond acceptors (Lipinski definition) is 4. The molecule has 1 N–H and O–H groups in total. The van der Waals surface area contributed by atoms with Gasteiger partial charge < -0.3 is 5.11 Å². The molecule has 1 heterocycles. The number of hydrogen-bond donors (Lipinski definition) is 1. The van der Waals surface area contributed by atoms with Gasteiger partial charge in [-0.25, -0.2) is 14.4 Å². The summed E-state index contributed by atoms with van der Waals surface area (Å²) in [7, 11) is 0. The summed E-state index contributed by atoms with van der Waals surface area (Å²) in [6.07, 6.45) is 1.35. The minimum absolute atomic E-state index is 0.110. The van der Waals surface area contributed by atoms with Crippen molar-refractivity contribution in [2.24, 2.45) is 5.92 Å². The van der Waals surface area contributed by atoms with Crippen molar-refractivity contribution in [3.8, 4) is 0 Å². The van der Waals surface area contributed by atoms with Crippen LogP contribution in [0.25, 0.3) is 0 Å². The highest BCUT2D eigenvalue weighted by Gasteiger charge is 2.09. The number of aliphatic hydroxyl groups excluding tert-OH is 1. The zero-order valence-corrected chi connectivity index (χ0v) is 9.01. The Labute approximate surface area is 86.8 Å². The summed E-state index contributed by atoms with van der Waals surface area (Å²) in [6.45, 7) is 3.62. The van der Waals surface area contributed by atoms with E-state index in [1.54, 1.807) is 6.92 Å². The van der Waals surface area contributed by atoms with Crippen molar-refractivity contribution < 1.29 is 9.50 Å². The van der Waals surface area contributed by atoms with Gasteiger partial charge in [0, 0.05) is 12.4 Å². The predicted octanol–water partition coefficient (Wildman–Crippen LogP) is 1.64. The number of halogens is 1. The van der Waals surface area contributed by atoms with Gasteiger partial charge in [0.1, 0.15) is 11.4 Å². The lowest BCUT2D eigenvalue weighted by Crippen LogP contribution is -2.04. The molecular weight excluding hydrogens is 203 g/mol. The minimum Gasteiger partial charge on any atom is -0.396 e. The molecule has 5 heteroatoms. The highest BCUT2D eigenvalue weighted by molar-refractivity contribution is 7.99. The van der Waals surface area contributed by atoms with Crippen LogP contribution in [0.15, 0.2) is 11.4 Å². The highest BCUT2D eigenvalue weighted by atomic mass is 32.2. The van der Waals surface area contributed by atoms with E-state index in [9.17, 15) is 4.39 Å². The van der Waals surface area contributed by atoms with Gasteiger partial charge in [-0.15, -0.1) is 11.8 Å². The van der Waals surface area contributed by atoms with Crippen LogP contribution in [0.3, 0.4) is 0 Å². The van der Waals surface area contributed by atoms with Gasteiger partial charge in [-0.2, -0.15) is 0 Å². The molecule has 0 aromatic carbocycles. The molecule has 3 nitrogen and oxygen atoms in total. The average molecular weight is 216 g/mol. The molecule has 14 heavy (non-hydrogen) atoms. The summed E-state index contributed by atoms with van der Waals surface area (Å²) in [5, 5.41) is 9.16. The zero-order valence-electron chi connectivity index (χ0n) is 8.20. The highest BCUT2D eigenvalue weighted by Crippen LogP contribution is 2.21. The third-order valence-corrected chi connectivity index (χ3v) is 3.04. The second-order valence-corrected chi connectivity index (χ2v) is 4.19. The van der Waals surface area contributed by atoms with Crippen LogP contribution in [0.4, 0.5) is 4.39 Å².